The maximum Gasteiger partial charge on any atom is 0.117 e. The molecule has 0 radical (unpaired) electrons. The second-order valence-electron chi connectivity index (χ2n) is 3.98. The van der Waals surface area contributed by atoms with Gasteiger partial charge in [-0.2, -0.15) is 0 Å². The standard InChI is InChI=1S/C11H17NO2/c13-6-5-12(8-10-3-4-10)9-11-2-1-7-14-11/h1-2,7,10,13H,3-6,8-9H2. The summed E-state index contributed by atoms with van der Waals surface area (Å²) < 4.78 is 5.29. The van der Waals surface area contributed by atoms with Crippen LogP contribution >= 0.6 is 0 Å². The molecule has 0 amide bonds. The molecule has 1 aromatic rings. The highest BCUT2D eigenvalue weighted by Crippen LogP contribution is 2.30. The number of rotatable bonds is 6. The Morgan fingerprint density at radius 1 is 1.50 bits per heavy atom. The molecule has 3 nitrogen and oxygen atoms in total. The molecule has 1 aliphatic rings. The topological polar surface area (TPSA) is 36.6 Å². The van der Waals surface area contributed by atoms with Crippen LogP contribution in [0.2, 0.25) is 0 Å². The molecule has 78 valence electrons. The van der Waals surface area contributed by atoms with E-state index in [9.17, 15) is 0 Å². The Hall–Kier alpha value is -0.800. The van der Waals surface area contributed by atoms with E-state index in [0.717, 1.165) is 31.3 Å². The van der Waals surface area contributed by atoms with Crippen molar-refractivity contribution >= 4 is 0 Å². The summed E-state index contributed by atoms with van der Waals surface area (Å²) in [6.07, 6.45) is 4.39. The predicted octanol–water partition coefficient (Wildman–Crippen LogP) is 1.48. The van der Waals surface area contributed by atoms with E-state index in [1.165, 1.54) is 12.8 Å². The van der Waals surface area contributed by atoms with E-state index in [1.54, 1.807) is 6.26 Å². The Kier molecular flexibility index (Phi) is 3.22. The molecule has 1 heterocycles. The van der Waals surface area contributed by atoms with Gasteiger partial charge in [-0.3, -0.25) is 4.90 Å². The zero-order valence-electron chi connectivity index (χ0n) is 8.35. The van der Waals surface area contributed by atoms with Crippen LogP contribution < -0.4 is 0 Å². The minimum atomic E-state index is 0.230. The Morgan fingerprint density at radius 3 is 2.93 bits per heavy atom. The molecule has 0 bridgehead atoms. The van der Waals surface area contributed by atoms with E-state index in [0.29, 0.717) is 0 Å². The van der Waals surface area contributed by atoms with Crippen LogP contribution in [-0.2, 0) is 6.54 Å². The Balaban J connectivity index is 1.82. The molecular weight excluding hydrogens is 178 g/mol. The third-order valence-corrected chi connectivity index (χ3v) is 2.59. The lowest BCUT2D eigenvalue weighted by Crippen LogP contribution is -2.28. The molecule has 0 saturated heterocycles. The fourth-order valence-electron chi connectivity index (χ4n) is 1.66. The minimum absolute atomic E-state index is 0.230. The van der Waals surface area contributed by atoms with Crippen molar-refractivity contribution in [2.24, 2.45) is 5.92 Å². The summed E-state index contributed by atoms with van der Waals surface area (Å²) in [5.41, 5.74) is 0. The summed E-state index contributed by atoms with van der Waals surface area (Å²) in [6, 6.07) is 3.89. The van der Waals surface area contributed by atoms with Gasteiger partial charge in [0.1, 0.15) is 5.76 Å². The van der Waals surface area contributed by atoms with E-state index >= 15 is 0 Å². The number of aliphatic hydroxyl groups is 1. The highest BCUT2D eigenvalue weighted by Gasteiger charge is 2.24. The molecule has 1 saturated carbocycles. The van der Waals surface area contributed by atoms with Crippen LogP contribution in [-0.4, -0.2) is 29.7 Å². The average molecular weight is 195 g/mol. The molecule has 14 heavy (non-hydrogen) atoms. The molecule has 1 aromatic heterocycles. The molecule has 0 atom stereocenters. The van der Waals surface area contributed by atoms with Crippen LogP contribution in [0.15, 0.2) is 22.8 Å². The molecule has 1 N–H and O–H groups in total. The number of hydrogen-bond donors (Lipinski definition) is 1. The molecular formula is C11H17NO2. The molecule has 0 unspecified atom stereocenters. The van der Waals surface area contributed by atoms with Crippen LogP contribution in [0.1, 0.15) is 18.6 Å². The first kappa shape index (κ1) is 9.74. The van der Waals surface area contributed by atoms with E-state index in [-0.39, 0.29) is 6.61 Å². The lowest BCUT2D eigenvalue weighted by Gasteiger charge is -2.19. The van der Waals surface area contributed by atoms with Crippen LogP contribution in [0.3, 0.4) is 0 Å². The van der Waals surface area contributed by atoms with Gasteiger partial charge in [0.05, 0.1) is 19.4 Å². The van der Waals surface area contributed by atoms with Crippen LogP contribution in [0.5, 0.6) is 0 Å². The molecule has 0 aromatic carbocycles. The second-order valence-corrected chi connectivity index (χ2v) is 3.98. The van der Waals surface area contributed by atoms with E-state index < -0.39 is 0 Å². The van der Waals surface area contributed by atoms with Crippen molar-refractivity contribution in [1.29, 1.82) is 0 Å². The van der Waals surface area contributed by atoms with Gasteiger partial charge in [-0.1, -0.05) is 0 Å². The van der Waals surface area contributed by atoms with Gasteiger partial charge in [0.15, 0.2) is 0 Å². The Bertz CT molecular complexity index is 254. The highest BCUT2D eigenvalue weighted by atomic mass is 16.3. The number of aliphatic hydroxyl groups excluding tert-OH is 1. The van der Waals surface area contributed by atoms with Gasteiger partial charge in [-0.05, 0) is 30.9 Å². The van der Waals surface area contributed by atoms with Gasteiger partial charge in [0, 0.05) is 13.1 Å². The van der Waals surface area contributed by atoms with Crippen LogP contribution in [0, 0.1) is 5.92 Å². The smallest absolute Gasteiger partial charge is 0.117 e. The van der Waals surface area contributed by atoms with Crippen molar-refractivity contribution in [1.82, 2.24) is 4.90 Å². The van der Waals surface area contributed by atoms with Gasteiger partial charge in [0.25, 0.3) is 0 Å². The second kappa shape index (κ2) is 4.62. The fraction of sp³-hybridized carbons (Fsp3) is 0.636. The SMILES string of the molecule is OCCN(Cc1ccco1)CC1CC1. The number of nitrogens with zero attached hydrogens (tertiary/aromatic N) is 1. The van der Waals surface area contributed by atoms with Crippen molar-refractivity contribution in [2.45, 2.75) is 19.4 Å². The van der Waals surface area contributed by atoms with Crippen molar-refractivity contribution in [3.05, 3.63) is 24.2 Å². The summed E-state index contributed by atoms with van der Waals surface area (Å²) in [5.74, 6) is 1.84. The van der Waals surface area contributed by atoms with Gasteiger partial charge in [-0.15, -0.1) is 0 Å². The molecule has 3 heteroatoms. The monoisotopic (exact) mass is 195 g/mol. The third-order valence-electron chi connectivity index (χ3n) is 2.59. The summed E-state index contributed by atoms with van der Waals surface area (Å²) in [5, 5.41) is 8.93. The first-order valence-electron chi connectivity index (χ1n) is 5.24. The lowest BCUT2D eigenvalue weighted by molar-refractivity contribution is 0.175. The largest absolute Gasteiger partial charge is 0.468 e. The summed E-state index contributed by atoms with van der Waals surface area (Å²) >= 11 is 0. The Morgan fingerprint density at radius 2 is 2.36 bits per heavy atom. The average Bonchev–Trinajstić information content (AvgIpc) is 2.81. The summed E-state index contributed by atoms with van der Waals surface area (Å²) in [6.45, 7) is 2.90. The van der Waals surface area contributed by atoms with Crippen molar-refractivity contribution in [3.8, 4) is 0 Å². The van der Waals surface area contributed by atoms with E-state index in [4.69, 9.17) is 9.52 Å². The summed E-state index contributed by atoms with van der Waals surface area (Å²) in [4.78, 5) is 2.26. The van der Waals surface area contributed by atoms with Gasteiger partial charge >= 0.3 is 0 Å². The minimum Gasteiger partial charge on any atom is -0.468 e. The summed E-state index contributed by atoms with van der Waals surface area (Å²) in [7, 11) is 0. The zero-order valence-corrected chi connectivity index (χ0v) is 8.35. The molecule has 1 fully saturated rings. The predicted molar refractivity (Wildman–Crippen MR) is 53.8 cm³/mol. The molecule has 1 aliphatic carbocycles. The van der Waals surface area contributed by atoms with Gasteiger partial charge < -0.3 is 9.52 Å². The maximum atomic E-state index is 8.93. The quantitative estimate of drug-likeness (QED) is 0.747. The first-order valence-corrected chi connectivity index (χ1v) is 5.24. The maximum absolute atomic E-state index is 8.93. The highest BCUT2D eigenvalue weighted by molar-refractivity contribution is 4.98. The van der Waals surface area contributed by atoms with Crippen LogP contribution in [0.4, 0.5) is 0 Å². The van der Waals surface area contributed by atoms with Gasteiger partial charge in [0.2, 0.25) is 0 Å². The number of furan rings is 1. The first-order chi connectivity index (χ1) is 6.88. The zero-order chi connectivity index (χ0) is 9.80. The van der Waals surface area contributed by atoms with Gasteiger partial charge in [-0.25, -0.2) is 0 Å². The number of hydrogen-bond acceptors (Lipinski definition) is 3. The molecule has 0 spiro atoms. The fourth-order valence-corrected chi connectivity index (χ4v) is 1.66. The van der Waals surface area contributed by atoms with E-state index in [1.807, 2.05) is 12.1 Å². The molecule has 2 rings (SSSR count). The van der Waals surface area contributed by atoms with E-state index in [2.05, 4.69) is 4.90 Å². The van der Waals surface area contributed by atoms with Crippen LogP contribution in [0.25, 0.3) is 0 Å². The van der Waals surface area contributed by atoms with Crippen molar-refractivity contribution in [3.63, 3.8) is 0 Å². The molecule has 0 aliphatic heterocycles. The Labute approximate surface area is 84.3 Å². The normalized spacial score (nSPS) is 16.4. The van der Waals surface area contributed by atoms with Crippen molar-refractivity contribution < 1.29 is 9.52 Å². The third kappa shape index (κ3) is 2.86. The van der Waals surface area contributed by atoms with Crippen molar-refractivity contribution in [2.75, 3.05) is 19.7 Å². The lowest BCUT2D eigenvalue weighted by atomic mass is 10.3.